The minimum Gasteiger partial charge on any atom is -0.497 e. The Labute approximate surface area is 214 Å². The number of nitrogens with zero attached hydrogens (tertiary/aromatic N) is 1. The summed E-state index contributed by atoms with van der Waals surface area (Å²) < 4.78 is 16.4. The first-order valence-electron chi connectivity index (χ1n) is 10.9. The second kappa shape index (κ2) is 12.8. The van der Waals surface area contributed by atoms with Crippen molar-refractivity contribution in [3.8, 4) is 23.3 Å². The molecule has 0 radical (unpaired) electrons. The molecule has 3 aromatic carbocycles. The zero-order chi connectivity index (χ0) is 25.9. The highest BCUT2D eigenvalue weighted by molar-refractivity contribution is 6.32. The number of carbonyl (C=O) groups is 2. The number of amides is 2. The van der Waals surface area contributed by atoms with E-state index in [2.05, 4.69) is 10.6 Å². The molecule has 0 atom stereocenters. The van der Waals surface area contributed by atoms with Crippen LogP contribution < -0.4 is 24.8 Å². The molecule has 2 amide bonds. The van der Waals surface area contributed by atoms with Gasteiger partial charge in [0, 0.05) is 11.4 Å². The van der Waals surface area contributed by atoms with Crippen molar-refractivity contribution >= 4 is 40.9 Å². The predicted molar refractivity (Wildman–Crippen MR) is 138 cm³/mol. The van der Waals surface area contributed by atoms with Gasteiger partial charge in [0.25, 0.3) is 11.8 Å². The third-order valence-corrected chi connectivity index (χ3v) is 5.04. The van der Waals surface area contributed by atoms with Crippen LogP contribution in [-0.4, -0.2) is 32.1 Å². The first kappa shape index (κ1) is 26.1. The number of carbonyl (C=O) groups excluding carboxylic acids is 2. The zero-order valence-corrected chi connectivity index (χ0v) is 20.5. The van der Waals surface area contributed by atoms with E-state index in [9.17, 15) is 14.9 Å². The van der Waals surface area contributed by atoms with Crippen molar-refractivity contribution in [1.29, 1.82) is 5.26 Å². The monoisotopic (exact) mass is 505 g/mol. The average Bonchev–Trinajstić information content (AvgIpc) is 2.88. The molecule has 36 heavy (non-hydrogen) atoms. The lowest BCUT2D eigenvalue weighted by molar-refractivity contribution is -0.118. The Kier molecular flexibility index (Phi) is 9.32. The van der Waals surface area contributed by atoms with E-state index in [0.717, 1.165) is 0 Å². The van der Waals surface area contributed by atoms with Crippen LogP contribution in [0.15, 0.2) is 72.3 Å². The highest BCUT2D eigenvalue weighted by Gasteiger charge is 2.16. The second-order valence-electron chi connectivity index (χ2n) is 7.32. The smallest absolute Gasteiger partial charge is 0.266 e. The fourth-order valence-electron chi connectivity index (χ4n) is 3.12. The molecule has 184 valence electrons. The van der Waals surface area contributed by atoms with Crippen LogP contribution in [0.4, 0.5) is 11.4 Å². The Morgan fingerprint density at radius 3 is 2.33 bits per heavy atom. The third-order valence-electron chi connectivity index (χ3n) is 4.76. The fourth-order valence-corrected chi connectivity index (χ4v) is 3.39. The lowest BCUT2D eigenvalue weighted by Gasteiger charge is -2.15. The van der Waals surface area contributed by atoms with Crippen molar-refractivity contribution in [3.05, 3.63) is 82.9 Å². The highest BCUT2D eigenvalue weighted by atomic mass is 35.5. The lowest BCUT2D eigenvalue weighted by Crippen LogP contribution is -2.20. The van der Waals surface area contributed by atoms with E-state index in [1.165, 1.54) is 12.1 Å². The molecule has 0 unspecified atom stereocenters. The summed E-state index contributed by atoms with van der Waals surface area (Å²) in [6, 6.07) is 20.7. The topological polar surface area (TPSA) is 110 Å². The molecule has 0 bridgehead atoms. The maximum atomic E-state index is 12.5. The molecule has 8 nitrogen and oxygen atoms in total. The summed E-state index contributed by atoms with van der Waals surface area (Å²) in [5, 5.41) is 15.1. The fraction of sp³-hybridized carbons (Fsp3) is 0.148. The Hall–Kier alpha value is -4.48. The third kappa shape index (κ3) is 7.26. The van der Waals surface area contributed by atoms with Crippen LogP contribution >= 0.6 is 11.6 Å². The molecule has 0 aliphatic carbocycles. The van der Waals surface area contributed by atoms with E-state index in [0.29, 0.717) is 29.3 Å². The first-order valence-corrected chi connectivity index (χ1v) is 11.3. The van der Waals surface area contributed by atoms with Crippen LogP contribution in [0, 0.1) is 11.3 Å². The van der Waals surface area contributed by atoms with Crippen LogP contribution in [0.5, 0.6) is 17.2 Å². The number of benzene rings is 3. The summed E-state index contributed by atoms with van der Waals surface area (Å²) in [4.78, 5) is 24.9. The number of ether oxygens (including phenoxy) is 3. The summed E-state index contributed by atoms with van der Waals surface area (Å²) in [7, 11) is 1.56. The molecule has 0 aliphatic heterocycles. The summed E-state index contributed by atoms with van der Waals surface area (Å²) in [5.41, 5.74) is 1.48. The average molecular weight is 506 g/mol. The number of rotatable bonds is 10. The minimum absolute atomic E-state index is 0.120. The molecule has 3 rings (SSSR count). The van der Waals surface area contributed by atoms with Gasteiger partial charge in [0.15, 0.2) is 18.1 Å². The quantitative estimate of drug-likeness (QED) is 0.285. The van der Waals surface area contributed by atoms with Crippen molar-refractivity contribution in [1.82, 2.24) is 0 Å². The molecular weight excluding hydrogens is 482 g/mol. The summed E-state index contributed by atoms with van der Waals surface area (Å²) in [5.74, 6) is 0.158. The van der Waals surface area contributed by atoms with Crippen LogP contribution in [0.1, 0.15) is 12.5 Å². The second-order valence-corrected chi connectivity index (χ2v) is 7.73. The molecule has 0 aliphatic rings. The Morgan fingerprint density at radius 2 is 1.69 bits per heavy atom. The number of halogens is 1. The van der Waals surface area contributed by atoms with E-state index in [-0.39, 0.29) is 28.7 Å². The van der Waals surface area contributed by atoms with Gasteiger partial charge in [-0.15, -0.1) is 0 Å². The van der Waals surface area contributed by atoms with Gasteiger partial charge in [-0.25, -0.2) is 0 Å². The predicted octanol–water partition coefficient (Wildman–Crippen LogP) is 5.31. The van der Waals surface area contributed by atoms with Crippen molar-refractivity contribution in [2.45, 2.75) is 6.92 Å². The minimum atomic E-state index is -0.562. The molecule has 9 heteroatoms. The van der Waals surface area contributed by atoms with Crippen molar-refractivity contribution in [2.75, 3.05) is 31.0 Å². The van der Waals surface area contributed by atoms with Gasteiger partial charge >= 0.3 is 0 Å². The van der Waals surface area contributed by atoms with Gasteiger partial charge in [-0.05, 0) is 67.1 Å². The van der Waals surface area contributed by atoms with Crippen LogP contribution in [0.2, 0.25) is 5.02 Å². The molecular formula is C27H24ClN3O5. The van der Waals surface area contributed by atoms with Gasteiger partial charge in [0.2, 0.25) is 0 Å². The van der Waals surface area contributed by atoms with Crippen LogP contribution in [-0.2, 0) is 9.59 Å². The molecule has 3 aromatic rings. The molecule has 0 saturated heterocycles. The summed E-state index contributed by atoms with van der Waals surface area (Å²) >= 11 is 6.42. The maximum Gasteiger partial charge on any atom is 0.266 e. The van der Waals surface area contributed by atoms with Gasteiger partial charge in [-0.2, -0.15) is 5.26 Å². The van der Waals surface area contributed by atoms with Crippen molar-refractivity contribution in [2.24, 2.45) is 0 Å². The number of para-hydroxylation sites is 1. The standard InChI is InChI=1S/C27H24ClN3O5/c1-3-35-24-15-18(13-19(16-29)27(33)31-20-7-5-4-6-8-20)14-23(28)26(24)36-17-25(32)30-21-9-11-22(34-2)12-10-21/h4-15H,3,17H2,1-2H3,(H,30,32)(H,31,33)/b19-13+. The molecule has 0 heterocycles. The Morgan fingerprint density at radius 1 is 1.00 bits per heavy atom. The van der Waals surface area contributed by atoms with E-state index >= 15 is 0 Å². The van der Waals surface area contributed by atoms with Crippen molar-refractivity contribution in [3.63, 3.8) is 0 Å². The van der Waals surface area contributed by atoms with E-state index in [1.54, 1.807) is 68.6 Å². The number of anilines is 2. The number of nitriles is 1. The van der Waals surface area contributed by atoms with Crippen LogP contribution in [0.3, 0.4) is 0 Å². The molecule has 2 N–H and O–H groups in total. The SMILES string of the molecule is CCOc1cc(/C=C(\C#N)C(=O)Nc2ccccc2)cc(Cl)c1OCC(=O)Nc1ccc(OC)cc1. The normalized spacial score (nSPS) is 10.7. The number of methoxy groups -OCH3 is 1. The highest BCUT2D eigenvalue weighted by Crippen LogP contribution is 2.37. The van der Waals surface area contributed by atoms with Gasteiger partial charge in [-0.1, -0.05) is 29.8 Å². The lowest BCUT2D eigenvalue weighted by atomic mass is 10.1. The van der Waals surface area contributed by atoms with Gasteiger partial charge in [-0.3, -0.25) is 9.59 Å². The van der Waals surface area contributed by atoms with E-state index in [1.807, 2.05) is 12.1 Å². The van der Waals surface area contributed by atoms with E-state index < -0.39 is 11.8 Å². The van der Waals surface area contributed by atoms with Crippen molar-refractivity contribution < 1.29 is 23.8 Å². The molecule has 0 fully saturated rings. The summed E-state index contributed by atoms with van der Waals surface area (Å²) in [6.45, 7) is 1.77. The zero-order valence-electron chi connectivity index (χ0n) is 19.7. The summed E-state index contributed by atoms with van der Waals surface area (Å²) in [6.07, 6.45) is 1.40. The molecule has 0 aromatic heterocycles. The Bertz CT molecular complexity index is 1290. The number of hydrogen-bond acceptors (Lipinski definition) is 6. The largest absolute Gasteiger partial charge is 0.497 e. The Balaban J connectivity index is 1.74. The molecule has 0 saturated carbocycles. The van der Waals surface area contributed by atoms with E-state index in [4.69, 9.17) is 25.8 Å². The number of nitrogens with one attached hydrogen (secondary N) is 2. The first-order chi connectivity index (χ1) is 17.4. The van der Waals surface area contributed by atoms with Crippen LogP contribution in [0.25, 0.3) is 6.08 Å². The van der Waals surface area contributed by atoms with Gasteiger partial charge < -0.3 is 24.8 Å². The molecule has 0 spiro atoms. The van der Waals surface area contributed by atoms with Gasteiger partial charge in [0.05, 0.1) is 18.7 Å². The van der Waals surface area contributed by atoms with Gasteiger partial charge in [0.1, 0.15) is 17.4 Å². The number of hydrogen-bond donors (Lipinski definition) is 2. The maximum absolute atomic E-state index is 12.5.